The van der Waals surface area contributed by atoms with Crippen molar-refractivity contribution in [3.05, 3.63) is 100 Å². The van der Waals surface area contributed by atoms with E-state index in [0.717, 1.165) is 23.1 Å². The van der Waals surface area contributed by atoms with Gasteiger partial charge in [0.1, 0.15) is 11.6 Å². The smallest absolute Gasteiger partial charge is 0.261 e. The third kappa shape index (κ3) is 6.60. The van der Waals surface area contributed by atoms with Crippen molar-refractivity contribution in [3.8, 4) is 5.75 Å². The molecule has 0 radical (unpaired) electrons. The summed E-state index contributed by atoms with van der Waals surface area (Å²) in [7, 11) is 0. The second-order valence-corrected chi connectivity index (χ2v) is 10.5. The van der Waals surface area contributed by atoms with Crippen LogP contribution in [0.25, 0.3) is 0 Å². The summed E-state index contributed by atoms with van der Waals surface area (Å²) in [6.45, 7) is 8.96. The Balaban J connectivity index is 1.58. The van der Waals surface area contributed by atoms with E-state index in [0.29, 0.717) is 30.7 Å². The van der Waals surface area contributed by atoms with E-state index in [2.05, 4.69) is 50.4 Å². The lowest BCUT2D eigenvalue weighted by Gasteiger charge is -2.38. The minimum Gasteiger partial charge on any atom is -0.481 e. The van der Waals surface area contributed by atoms with Gasteiger partial charge in [-0.3, -0.25) is 9.59 Å². The highest BCUT2D eigenvalue weighted by atomic mass is 19.1. The fourth-order valence-corrected chi connectivity index (χ4v) is 4.95. The van der Waals surface area contributed by atoms with Gasteiger partial charge in [0.2, 0.25) is 5.91 Å². The normalized spacial score (nSPS) is 15.6. The van der Waals surface area contributed by atoms with Crippen molar-refractivity contribution in [1.82, 2.24) is 10.2 Å². The van der Waals surface area contributed by atoms with E-state index < -0.39 is 6.10 Å². The van der Waals surface area contributed by atoms with Crippen LogP contribution in [0.4, 0.5) is 4.39 Å². The Kier molecular flexibility index (Phi) is 8.82. The molecule has 6 heteroatoms. The van der Waals surface area contributed by atoms with Crippen molar-refractivity contribution in [2.75, 3.05) is 6.54 Å². The third-order valence-corrected chi connectivity index (χ3v) is 6.94. The molecule has 38 heavy (non-hydrogen) atoms. The van der Waals surface area contributed by atoms with Crippen molar-refractivity contribution < 1.29 is 18.7 Å². The highest BCUT2D eigenvalue weighted by molar-refractivity contribution is 5.81. The first kappa shape index (κ1) is 27.4. The largest absolute Gasteiger partial charge is 0.481 e. The molecule has 1 heterocycles. The van der Waals surface area contributed by atoms with E-state index in [-0.39, 0.29) is 36.1 Å². The van der Waals surface area contributed by atoms with Gasteiger partial charge >= 0.3 is 0 Å². The zero-order valence-corrected chi connectivity index (χ0v) is 22.7. The van der Waals surface area contributed by atoms with Crippen LogP contribution >= 0.6 is 0 Å². The Morgan fingerprint density at radius 1 is 1.08 bits per heavy atom. The van der Waals surface area contributed by atoms with E-state index in [1.807, 2.05) is 30.0 Å². The number of rotatable bonds is 9. The topological polar surface area (TPSA) is 58.6 Å². The molecule has 0 fully saturated rings. The zero-order chi connectivity index (χ0) is 27.2. The predicted molar refractivity (Wildman–Crippen MR) is 147 cm³/mol. The van der Waals surface area contributed by atoms with Crippen LogP contribution in [-0.2, 0) is 22.6 Å². The summed E-state index contributed by atoms with van der Waals surface area (Å²) < 4.78 is 19.7. The van der Waals surface area contributed by atoms with Crippen LogP contribution in [0.3, 0.4) is 0 Å². The standard InChI is InChI=1S/C32H37FN2O3/c1-5-29(32(37)34-20-23-7-6-8-26(33)18-23)38-27-14-13-24-15-16-35(30(36)17-21(2)3)31(28(24)19-27)25-11-9-22(4)10-12-25/h6-14,18-19,21,29,31H,5,15-17,20H2,1-4H3,(H,34,37)/t29-,31+/m1/s1. The third-order valence-electron chi connectivity index (χ3n) is 6.94. The Bertz CT molecular complexity index is 1270. The number of hydrogen-bond acceptors (Lipinski definition) is 3. The SMILES string of the molecule is CC[C@@H](Oc1ccc2c(c1)[C@H](c1ccc(C)cc1)N(C(=O)CC(C)C)CC2)C(=O)NCc1cccc(F)c1. The molecule has 1 N–H and O–H groups in total. The number of amides is 2. The summed E-state index contributed by atoms with van der Waals surface area (Å²) in [5, 5.41) is 2.86. The number of hydrogen-bond donors (Lipinski definition) is 1. The minimum atomic E-state index is -0.693. The Morgan fingerprint density at radius 2 is 1.84 bits per heavy atom. The highest BCUT2D eigenvalue weighted by Crippen LogP contribution is 2.38. The number of fused-ring (bicyclic) bond motifs is 1. The van der Waals surface area contributed by atoms with Gasteiger partial charge in [-0.05, 0) is 72.2 Å². The van der Waals surface area contributed by atoms with Crippen LogP contribution < -0.4 is 10.1 Å². The number of nitrogens with one attached hydrogen (secondary N) is 1. The minimum absolute atomic E-state index is 0.144. The van der Waals surface area contributed by atoms with Gasteiger partial charge in [0, 0.05) is 19.5 Å². The molecule has 1 aliphatic rings. The van der Waals surface area contributed by atoms with Gasteiger partial charge in [-0.15, -0.1) is 0 Å². The second-order valence-electron chi connectivity index (χ2n) is 10.5. The molecular formula is C32H37FN2O3. The average molecular weight is 517 g/mol. The van der Waals surface area contributed by atoms with E-state index in [4.69, 9.17) is 4.74 Å². The lowest BCUT2D eigenvalue weighted by Crippen LogP contribution is -2.41. The molecule has 2 amide bonds. The summed E-state index contributed by atoms with van der Waals surface area (Å²) in [6, 6.07) is 20.2. The number of halogens is 1. The van der Waals surface area contributed by atoms with E-state index >= 15 is 0 Å². The molecule has 0 aliphatic carbocycles. The Labute approximate surface area is 225 Å². The number of carbonyl (C=O) groups is 2. The number of carbonyl (C=O) groups excluding carboxylic acids is 2. The lowest BCUT2D eigenvalue weighted by atomic mass is 9.87. The number of benzene rings is 3. The molecule has 0 saturated heterocycles. The monoisotopic (exact) mass is 516 g/mol. The number of aryl methyl sites for hydroxylation is 1. The van der Waals surface area contributed by atoms with Crippen LogP contribution in [0.15, 0.2) is 66.7 Å². The summed E-state index contributed by atoms with van der Waals surface area (Å²) in [5.74, 6) is 0.419. The molecule has 0 saturated carbocycles. The van der Waals surface area contributed by atoms with Gasteiger partial charge in [-0.2, -0.15) is 0 Å². The zero-order valence-electron chi connectivity index (χ0n) is 22.7. The fourth-order valence-electron chi connectivity index (χ4n) is 4.95. The van der Waals surface area contributed by atoms with Gasteiger partial charge in [-0.25, -0.2) is 4.39 Å². The van der Waals surface area contributed by atoms with Crippen molar-refractivity contribution in [3.63, 3.8) is 0 Å². The number of ether oxygens (including phenoxy) is 1. The molecule has 1 aliphatic heterocycles. The second kappa shape index (κ2) is 12.2. The summed E-state index contributed by atoms with van der Waals surface area (Å²) >= 11 is 0. The Hall–Kier alpha value is -3.67. The molecule has 0 spiro atoms. The summed E-state index contributed by atoms with van der Waals surface area (Å²) in [5.41, 5.74) is 5.13. The van der Waals surface area contributed by atoms with Crippen molar-refractivity contribution in [1.29, 1.82) is 0 Å². The molecule has 0 bridgehead atoms. The van der Waals surface area contributed by atoms with E-state index in [1.54, 1.807) is 12.1 Å². The van der Waals surface area contributed by atoms with Crippen molar-refractivity contribution >= 4 is 11.8 Å². The maximum atomic E-state index is 13.5. The molecule has 5 nitrogen and oxygen atoms in total. The van der Waals surface area contributed by atoms with Crippen LogP contribution in [0.1, 0.15) is 67.5 Å². The maximum Gasteiger partial charge on any atom is 0.261 e. The first-order valence-corrected chi connectivity index (χ1v) is 13.4. The van der Waals surface area contributed by atoms with E-state index in [1.165, 1.54) is 17.7 Å². The maximum absolute atomic E-state index is 13.5. The molecule has 4 rings (SSSR count). The highest BCUT2D eigenvalue weighted by Gasteiger charge is 2.33. The summed E-state index contributed by atoms with van der Waals surface area (Å²) in [4.78, 5) is 28.2. The molecule has 3 aromatic rings. The van der Waals surface area contributed by atoms with Crippen LogP contribution in [0.5, 0.6) is 5.75 Å². The van der Waals surface area contributed by atoms with Crippen molar-refractivity contribution in [2.24, 2.45) is 5.92 Å². The molecule has 0 aromatic heterocycles. The van der Waals surface area contributed by atoms with Gasteiger partial charge in [-0.1, -0.05) is 68.8 Å². The van der Waals surface area contributed by atoms with Gasteiger partial charge in [0.25, 0.3) is 5.91 Å². The predicted octanol–water partition coefficient (Wildman–Crippen LogP) is 6.13. The summed E-state index contributed by atoms with van der Waals surface area (Å²) in [6.07, 6.45) is 1.05. The first-order chi connectivity index (χ1) is 18.2. The molecule has 3 aromatic carbocycles. The molecule has 2 atom stereocenters. The van der Waals surface area contributed by atoms with Gasteiger partial charge < -0.3 is 15.0 Å². The number of nitrogens with zero attached hydrogens (tertiary/aromatic N) is 1. The van der Waals surface area contributed by atoms with Crippen LogP contribution in [0, 0.1) is 18.7 Å². The van der Waals surface area contributed by atoms with Gasteiger partial charge in [0.05, 0.1) is 6.04 Å². The molecular weight excluding hydrogens is 479 g/mol. The van der Waals surface area contributed by atoms with Crippen LogP contribution in [-0.4, -0.2) is 29.4 Å². The quantitative estimate of drug-likeness (QED) is 0.372. The first-order valence-electron chi connectivity index (χ1n) is 13.4. The van der Waals surface area contributed by atoms with Crippen molar-refractivity contribution in [2.45, 2.75) is 65.6 Å². The van der Waals surface area contributed by atoms with Gasteiger partial charge in [0.15, 0.2) is 6.10 Å². The molecule has 0 unspecified atom stereocenters. The molecule has 200 valence electrons. The van der Waals surface area contributed by atoms with Crippen LogP contribution in [0.2, 0.25) is 0 Å². The average Bonchev–Trinajstić information content (AvgIpc) is 2.90. The fraction of sp³-hybridized carbons (Fsp3) is 0.375. The lowest BCUT2D eigenvalue weighted by molar-refractivity contribution is -0.134. The van der Waals surface area contributed by atoms with E-state index in [9.17, 15) is 14.0 Å². The Morgan fingerprint density at radius 3 is 2.53 bits per heavy atom.